The van der Waals surface area contributed by atoms with Crippen LogP contribution in [0.4, 0.5) is 0 Å². The number of H-pyrrole nitrogens is 1. The lowest BCUT2D eigenvalue weighted by atomic mass is 10.0. The maximum atomic E-state index is 12.3. The molecule has 118 valence electrons. The summed E-state index contributed by atoms with van der Waals surface area (Å²) in [5.41, 5.74) is 2.24. The van der Waals surface area contributed by atoms with E-state index in [4.69, 9.17) is 9.47 Å². The third kappa shape index (κ3) is 2.65. The van der Waals surface area contributed by atoms with Gasteiger partial charge in [-0.1, -0.05) is 18.2 Å². The largest absolute Gasteiger partial charge is 0.462 e. The van der Waals surface area contributed by atoms with Gasteiger partial charge < -0.3 is 14.5 Å². The number of fused-ring (bicyclic) bond motifs is 3. The van der Waals surface area contributed by atoms with E-state index in [1.807, 2.05) is 24.3 Å². The maximum absolute atomic E-state index is 12.3. The van der Waals surface area contributed by atoms with Crippen molar-refractivity contribution in [3.63, 3.8) is 0 Å². The van der Waals surface area contributed by atoms with E-state index in [2.05, 4.69) is 4.98 Å². The average molecular weight is 311 g/mol. The molecule has 0 saturated heterocycles. The van der Waals surface area contributed by atoms with Crippen LogP contribution in [0, 0.1) is 0 Å². The van der Waals surface area contributed by atoms with Gasteiger partial charge in [-0.25, -0.2) is 9.59 Å². The van der Waals surface area contributed by atoms with Gasteiger partial charge in [-0.15, -0.1) is 0 Å². The number of aromatic nitrogens is 1. The molecule has 3 rings (SSSR count). The Kier molecular flexibility index (Phi) is 4.02. The molecule has 1 N–H and O–H groups in total. The number of esters is 2. The van der Waals surface area contributed by atoms with Crippen molar-refractivity contribution in [2.75, 3.05) is 13.2 Å². The Morgan fingerprint density at radius 2 is 1.65 bits per heavy atom. The van der Waals surface area contributed by atoms with E-state index in [0.29, 0.717) is 16.6 Å². The van der Waals surface area contributed by atoms with Crippen molar-refractivity contribution in [3.8, 4) is 0 Å². The second-order valence-electron chi connectivity index (χ2n) is 5.06. The van der Waals surface area contributed by atoms with Crippen molar-refractivity contribution in [1.29, 1.82) is 0 Å². The maximum Gasteiger partial charge on any atom is 0.340 e. The van der Waals surface area contributed by atoms with Crippen molar-refractivity contribution in [1.82, 2.24) is 4.98 Å². The average Bonchev–Trinajstić information content (AvgIpc) is 2.93. The summed E-state index contributed by atoms with van der Waals surface area (Å²) in [6.07, 6.45) is 0. The molecule has 0 aliphatic heterocycles. The molecular formula is C18H17NO4. The van der Waals surface area contributed by atoms with Crippen LogP contribution in [0.2, 0.25) is 0 Å². The second-order valence-corrected chi connectivity index (χ2v) is 5.06. The first-order valence-electron chi connectivity index (χ1n) is 7.54. The fourth-order valence-electron chi connectivity index (χ4n) is 2.65. The highest BCUT2D eigenvalue weighted by molar-refractivity contribution is 6.16. The number of hydrogen-bond acceptors (Lipinski definition) is 4. The minimum Gasteiger partial charge on any atom is -0.462 e. The number of carbonyl (C=O) groups is 2. The van der Waals surface area contributed by atoms with Crippen molar-refractivity contribution in [2.45, 2.75) is 13.8 Å². The van der Waals surface area contributed by atoms with Crippen molar-refractivity contribution < 1.29 is 19.1 Å². The molecule has 2 aromatic carbocycles. The van der Waals surface area contributed by atoms with Crippen LogP contribution in [0.15, 0.2) is 36.4 Å². The molecule has 0 radical (unpaired) electrons. The Balaban J connectivity index is 2.29. The van der Waals surface area contributed by atoms with Crippen LogP contribution in [-0.2, 0) is 9.47 Å². The molecule has 0 amide bonds. The monoisotopic (exact) mass is 311 g/mol. The van der Waals surface area contributed by atoms with E-state index in [-0.39, 0.29) is 13.2 Å². The SMILES string of the molecule is CCOC(=O)c1cc(C(=O)OCC)c2[nH]c3ccccc3c2c1. The lowest BCUT2D eigenvalue weighted by Gasteiger charge is -2.07. The number of ether oxygens (including phenoxy) is 2. The molecule has 1 heterocycles. The summed E-state index contributed by atoms with van der Waals surface area (Å²) in [4.78, 5) is 27.6. The molecule has 1 aromatic heterocycles. The van der Waals surface area contributed by atoms with Gasteiger partial charge in [-0.2, -0.15) is 0 Å². The lowest BCUT2D eigenvalue weighted by molar-refractivity contribution is 0.0526. The Hall–Kier alpha value is -2.82. The van der Waals surface area contributed by atoms with Gasteiger partial charge in [0.25, 0.3) is 0 Å². The summed E-state index contributed by atoms with van der Waals surface area (Å²) in [6, 6.07) is 11.0. The van der Waals surface area contributed by atoms with E-state index in [1.165, 1.54) is 6.07 Å². The van der Waals surface area contributed by atoms with Gasteiger partial charge in [0, 0.05) is 16.3 Å². The summed E-state index contributed by atoms with van der Waals surface area (Å²) in [6.45, 7) is 4.04. The molecule has 0 saturated carbocycles. The summed E-state index contributed by atoms with van der Waals surface area (Å²) in [7, 11) is 0. The highest BCUT2D eigenvalue weighted by atomic mass is 16.5. The number of benzene rings is 2. The smallest absolute Gasteiger partial charge is 0.340 e. The highest BCUT2D eigenvalue weighted by Crippen LogP contribution is 2.29. The van der Waals surface area contributed by atoms with Gasteiger partial charge in [0.15, 0.2) is 0 Å². The zero-order valence-corrected chi connectivity index (χ0v) is 13.0. The zero-order chi connectivity index (χ0) is 16.4. The molecule has 0 bridgehead atoms. The van der Waals surface area contributed by atoms with E-state index in [0.717, 1.165) is 16.3 Å². The predicted molar refractivity (Wildman–Crippen MR) is 87.7 cm³/mol. The number of para-hydroxylation sites is 1. The van der Waals surface area contributed by atoms with Crippen LogP contribution in [0.3, 0.4) is 0 Å². The highest BCUT2D eigenvalue weighted by Gasteiger charge is 2.19. The first kappa shape index (κ1) is 15.1. The van der Waals surface area contributed by atoms with Crippen LogP contribution in [0.1, 0.15) is 34.6 Å². The predicted octanol–water partition coefficient (Wildman–Crippen LogP) is 3.67. The third-order valence-electron chi connectivity index (χ3n) is 3.62. The molecule has 0 spiro atoms. The first-order chi connectivity index (χ1) is 11.2. The zero-order valence-electron chi connectivity index (χ0n) is 13.0. The quantitative estimate of drug-likeness (QED) is 0.746. The Labute approximate surface area is 133 Å². The molecule has 0 unspecified atom stereocenters. The van der Waals surface area contributed by atoms with Gasteiger partial charge in [0.05, 0.1) is 29.9 Å². The standard InChI is InChI=1S/C18H17NO4/c1-3-22-17(20)11-9-13-12-7-5-6-8-15(12)19-16(13)14(10-11)18(21)23-4-2/h5-10,19H,3-4H2,1-2H3. The lowest BCUT2D eigenvalue weighted by Crippen LogP contribution is -2.09. The third-order valence-corrected chi connectivity index (χ3v) is 3.62. The number of rotatable bonds is 4. The molecule has 5 nitrogen and oxygen atoms in total. The second kappa shape index (κ2) is 6.12. The van der Waals surface area contributed by atoms with Crippen LogP contribution in [0.5, 0.6) is 0 Å². The van der Waals surface area contributed by atoms with E-state index >= 15 is 0 Å². The number of carbonyl (C=O) groups excluding carboxylic acids is 2. The summed E-state index contributed by atoms with van der Waals surface area (Å²) in [5.74, 6) is -0.916. The summed E-state index contributed by atoms with van der Waals surface area (Å²) >= 11 is 0. The van der Waals surface area contributed by atoms with Crippen LogP contribution >= 0.6 is 0 Å². The number of hydrogen-bond donors (Lipinski definition) is 1. The minimum atomic E-state index is -0.463. The number of aromatic amines is 1. The molecule has 0 atom stereocenters. The Bertz CT molecular complexity index is 895. The van der Waals surface area contributed by atoms with Crippen LogP contribution in [0.25, 0.3) is 21.8 Å². The Morgan fingerprint density at radius 1 is 0.957 bits per heavy atom. The van der Waals surface area contributed by atoms with Gasteiger partial charge in [0.2, 0.25) is 0 Å². The van der Waals surface area contributed by atoms with Crippen molar-refractivity contribution in [2.24, 2.45) is 0 Å². The van der Waals surface area contributed by atoms with E-state index in [9.17, 15) is 9.59 Å². The van der Waals surface area contributed by atoms with Crippen LogP contribution in [-0.4, -0.2) is 30.1 Å². The molecule has 5 heteroatoms. The molecular weight excluding hydrogens is 294 g/mol. The van der Waals surface area contributed by atoms with E-state index < -0.39 is 11.9 Å². The van der Waals surface area contributed by atoms with Gasteiger partial charge in [-0.3, -0.25) is 0 Å². The van der Waals surface area contributed by atoms with Gasteiger partial charge in [-0.05, 0) is 32.0 Å². The van der Waals surface area contributed by atoms with Gasteiger partial charge in [0.1, 0.15) is 0 Å². The topological polar surface area (TPSA) is 68.4 Å². The first-order valence-corrected chi connectivity index (χ1v) is 7.54. The van der Waals surface area contributed by atoms with Crippen molar-refractivity contribution >= 4 is 33.7 Å². The minimum absolute atomic E-state index is 0.268. The molecule has 23 heavy (non-hydrogen) atoms. The Morgan fingerprint density at radius 3 is 2.39 bits per heavy atom. The summed E-state index contributed by atoms with van der Waals surface area (Å²) < 4.78 is 10.2. The molecule has 0 aliphatic rings. The normalized spacial score (nSPS) is 10.9. The van der Waals surface area contributed by atoms with Crippen LogP contribution < -0.4 is 0 Å². The molecule has 3 aromatic rings. The van der Waals surface area contributed by atoms with Crippen molar-refractivity contribution in [3.05, 3.63) is 47.5 Å². The summed E-state index contributed by atoms with van der Waals surface area (Å²) in [5, 5.41) is 1.74. The van der Waals surface area contributed by atoms with E-state index in [1.54, 1.807) is 19.9 Å². The fourth-order valence-corrected chi connectivity index (χ4v) is 2.65. The van der Waals surface area contributed by atoms with Gasteiger partial charge >= 0.3 is 11.9 Å². The molecule has 0 fully saturated rings. The number of nitrogens with one attached hydrogen (secondary N) is 1. The molecule has 0 aliphatic carbocycles. The fraction of sp³-hybridized carbons (Fsp3) is 0.222.